The predicted molar refractivity (Wildman–Crippen MR) is 92.0 cm³/mol. The molecule has 0 saturated carbocycles. The van der Waals surface area contributed by atoms with Crippen LogP contribution in [0.5, 0.6) is 5.75 Å². The molecule has 1 aliphatic rings. The lowest BCUT2D eigenvalue weighted by Gasteiger charge is -2.24. The number of benzene rings is 1. The van der Waals surface area contributed by atoms with Gasteiger partial charge in [-0.25, -0.2) is 0 Å². The van der Waals surface area contributed by atoms with Crippen molar-refractivity contribution in [2.75, 3.05) is 26.2 Å². The van der Waals surface area contributed by atoms with Crippen molar-refractivity contribution in [1.82, 2.24) is 4.90 Å². The highest BCUT2D eigenvalue weighted by molar-refractivity contribution is 7.80. The van der Waals surface area contributed by atoms with Crippen molar-refractivity contribution in [1.29, 1.82) is 0 Å². The summed E-state index contributed by atoms with van der Waals surface area (Å²) in [6.07, 6.45) is 7.94. The molecule has 3 nitrogen and oxygen atoms in total. The molecular formula is C17H26N2OS. The van der Waals surface area contributed by atoms with Crippen molar-refractivity contribution in [3.63, 3.8) is 0 Å². The third-order valence-corrected chi connectivity index (χ3v) is 4.19. The maximum absolute atomic E-state index is 5.80. The van der Waals surface area contributed by atoms with Gasteiger partial charge in [-0.15, -0.1) is 0 Å². The van der Waals surface area contributed by atoms with Gasteiger partial charge in [-0.2, -0.15) is 0 Å². The Morgan fingerprint density at radius 3 is 2.57 bits per heavy atom. The largest absolute Gasteiger partial charge is 0.494 e. The molecular weight excluding hydrogens is 280 g/mol. The van der Waals surface area contributed by atoms with Gasteiger partial charge in [0.1, 0.15) is 10.7 Å². The van der Waals surface area contributed by atoms with Crippen LogP contribution in [0.15, 0.2) is 24.3 Å². The van der Waals surface area contributed by atoms with Crippen LogP contribution >= 0.6 is 12.2 Å². The molecule has 1 saturated heterocycles. The SMILES string of the molecule is NC(=S)c1cccc(OCCCN2CCCCCCC2)c1. The number of nitrogens with zero attached hydrogens (tertiary/aromatic N) is 1. The minimum absolute atomic E-state index is 0.418. The van der Waals surface area contributed by atoms with Crippen LogP contribution in [0.25, 0.3) is 0 Å². The van der Waals surface area contributed by atoms with Gasteiger partial charge in [0.25, 0.3) is 0 Å². The summed E-state index contributed by atoms with van der Waals surface area (Å²) in [5.74, 6) is 0.855. The Labute approximate surface area is 133 Å². The van der Waals surface area contributed by atoms with Crippen LogP contribution in [0.2, 0.25) is 0 Å². The molecule has 1 aromatic carbocycles. The van der Waals surface area contributed by atoms with Gasteiger partial charge in [-0.1, -0.05) is 43.6 Å². The molecule has 1 aromatic rings. The molecule has 2 N–H and O–H groups in total. The molecule has 0 unspecified atom stereocenters. The lowest BCUT2D eigenvalue weighted by atomic mass is 10.1. The number of thiocarbonyl (C=S) groups is 1. The standard InChI is InChI=1S/C17H26N2OS/c18-17(21)15-8-6-9-16(14-15)20-13-7-12-19-10-4-2-1-3-5-11-19/h6,8-9,14H,1-5,7,10-13H2,(H2,18,21). The van der Waals surface area contributed by atoms with E-state index in [9.17, 15) is 0 Å². The van der Waals surface area contributed by atoms with Crippen molar-refractivity contribution in [2.45, 2.75) is 38.5 Å². The second-order valence-corrected chi connectivity index (χ2v) is 6.14. The summed E-state index contributed by atoms with van der Waals surface area (Å²) in [6.45, 7) is 4.38. The lowest BCUT2D eigenvalue weighted by Crippen LogP contribution is -2.29. The summed E-state index contributed by atoms with van der Waals surface area (Å²) < 4.78 is 5.80. The molecule has 116 valence electrons. The van der Waals surface area contributed by atoms with Gasteiger partial charge in [0.15, 0.2) is 0 Å². The van der Waals surface area contributed by atoms with E-state index in [-0.39, 0.29) is 0 Å². The summed E-state index contributed by atoms with van der Waals surface area (Å²) in [5, 5.41) is 0. The zero-order valence-corrected chi connectivity index (χ0v) is 13.5. The van der Waals surface area contributed by atoms with E-state index < -0.39 is 0 Å². The first-order valence-electron chi connectivity index (χ1n) is 8.01. The molecule has 0 bridgehead atoms. The fourth-order valence-electron chi connectivity index (χ4n) is 2.75. The molecule has 2 rings (SSSR count). The Balaban J connectivity index is 1.69. The van der Waals surface area contributed by atoms with Crippen molar-refractivity contribution in [3.05, 3.63) is 29.8 Å². The average Bonchev–Trinajstić information content (AvgIpc) is 2.45. The van der Waals surface area contributed by atoms with E-state index >= 15 is 0 Å². The highest BCUT2D eigenvalue weighted by Gasteiger charge is 2.07. The van der Waals surface area contributed by atoms with E-state index in [0.717, 1.165) is 30.9 Å². The second kappa shape index (κ2) is 9.00. The van der Waals surface area contributed by atoms with E-state index in [1.807, 2.05) is 24.3 Å². The Bertz CT molecular complexity index is 442. The zero-order chi connectivity index (χ0) is 14.9. The van der Waals surface area contributed by atoms with Crippen LogP contribution in [0, 0.1) is 0 Å². The van der Waals surface area contributed by atoms with Crippen LogP contribution in [0.1, 0.15) is 44.1 Å². The Hall–Kier alpha value is -1.13. The molecule has 1 aliphatic heterocycles. The van der Waals surface area contributed by atoms with Gasteiger partial charge >= 0.3 is 0 Å². The normalized spacial score (nSPS) is 17.0. The third kappa shape index (κ3) is 6.02. The summed E-state index contributed by atoms with van der Waals surface area (Å²) in [4.78, 5) is 3.00. The van der Waals surface area contributed by atoms with Crippen molar-refractivity contribution in [2.24, 2.45) is 5.73 Å². The van der Waals surface area contributed by atoms with Crippen LogP contribution < -0.4 is 10.5 Å². The average molecular weight is 306 g/mol. The van der Waals surface area contributed by atoms with Gasteiger partial charge in [0.05, 0.1) is 6.61 Å². The van der Waals surface area contributed by atoms with Crippen LogP contribution in [-0.2, 0) is 0 Å². The van der Waals surface area contributed by atoms with E-state index in [0.29, 0.717) is 4.99 Å². The summed E-state index contributed by atoms with van der Waals surface area (Å²) in [6, 6.07) is 7.72. The molecule has 0 aromatic heterocycles. The summed E-state index contributed by atoms with van der Waals surface area (Å²) in [5.41, 5.74) is 6.50. The minimum atomic E-state index is 0.418. The van der Waals surface area contributed by atoms with Crippen LogP contribution in [-0.4, -0.2) is 36.1 Å². The molecule has 1 fully saturated rings. The summed E-state index contributed by atoms with van der Waals surface area (Å²) >= 11 is 4.98. The minimum Gasteiger partial charge on any atom is -0.494 e. The van der Waals surface area contributed by atoms with Gasteiger partial charge < -0.3 is 15.4 Å². The van der Waals surface area contributed by atoms with E-state index in [2.05, 4.69) is 4.90 Å². The van der Waals surface area contributed by atoms with Gasteiger partial charge in [0.2, 0.25) is 0 Å². The predicted octanol–water partition coefficient (Wildman–Crippen LogP) is 3.36. The maximum Gasteiger partial charge on any atom is 0.119 e. The van der Waals surface area contributed by atoms with Crippen LogP contribution in [0.3, 0.4) is 0 Å². The highest BCUT2D eigenvalue weighted by Crippen LogP contribution is 2.14. The number of ether oxygens (including phenoxy) is 1. The van der Waals surface area contributed by atoms with E-state index in [1.165, 1.54) is 45.2 Å². The maximum atomic E-state index is 5.80. The fraction of sp³-hybridized carbons (Fsp3) is 0.588. The quantitative estimate of drug-likeness (QED) is 0.646. The van der Waals surface area contributed by atoms with Crippen molar-refractivity contribution < 1.29 is 4.74 Å². The number of hydrogen-bond donors (Lipinski definition) is 1. The second-order valence-electron chi connectivity index (χ2n) is 5.70. The molecule has 0 amide bonds. The van der Waals surface area contributed by atoms with Crippen molar-refractivity contribution >= 4 is 17.2 Å². The van der Waals surface area contributed by atoms with Gasteiger partial charge in [-0.3, -0.25) is 0 Å². The van der Waals surface area contributed by atoms with Crippen molar-refractivity contribution in [3.8, 4) is 5.75 Å². The third-order valence-electron chi connectivity index (χ3n) is 3.95. The molecule has 4 heteroatoms. The molecule has 0 radical (unpaired) electrons. The number of likely N-dealkylation sites (tertiary alicyclic amines) is 1. The summed E-state index contributed by atoms with van der Waals surface area (Å²) in [7, 11) is 0. The van der Waals surface area contributed by atoms with E-state index in [1.54, 1.807) is 0 Å². The Morgan fingerprint density at radius 1 is 1.14 bits per heavy atom. The van der Waals surface area contributed by atoms with Crippen LogP contribution in [0.4, 0.5) is 0 Å². The number of rotatable bonds is 6. The van der Waals surface area contributed by atoms with Gasteiger partial charge in [-0.05, 0) is 44.5 Å². The zero-order valence-electron chi connectivity index (χ0n) is 12.7. The monoisotopic (exact) mass is 306 g/mol. The smallest absolute Gasteiger partial charge is 0.119 e. The topological polar surface area (TPSA) is 38.5 Å². The number of hydrogen-bond acceptors (Lipinski definition) is 3. The molecule has 1 heterocycles. The molecule has 0 atom stereocenters. The molecule has 0 spiro atoms. The Morgan fingerprint density at radius 2 is 1.86 bits per heavy atom. The van der Waals surface area contributed by atoms with E-state index in [4.69, 9.17) is 22.7 Å². The lowest BCUT2D eigenvalue weighted by molar-refractivity contribution is 0.218. The first kappa shape index (κ1) is 16.2. The first-order valence-corrected chi connectivity index (χ1v) is 8.41. The first-order chi connectivity index (χ1) is 10.3. The highest BCUT2D eigenvalue weighted by atomic mass is 32.1. The van der Waals surface area contributed by atoms with Gasteiger partial charge in [0, 0.05) is 12.1 Å². The molecule has 21 heavy (non-hydrogen) atoms. The fourth-order valence-corrected chi connectivity index (χ4v) is 2.88. The Kier molecular flexibility index (Phi) is 6.96. The number of nitrogens with two attached hydrogens (primary N) is 1. The molecule has 0 aliphatic carbocycles.